The number of fused-ring (bicyclic) bond motifs is 1. The lowest BCUT2D eigenvalue weighted by Crippen LogP contribution is -2.28. The van der Waals surface area contributed by atoms with Crippen LogP contribution in [0.25, 0.3) is 0 Å². The quantitative estimate of drug-likeness (QED) is 0.818. The van der Waals surface area contributed by atoms with Gasteiger partial charge in [-0.3, -0.25) is 0 Å². The van der Waals surface area contributed by atoms with E-state index in [0.29, 0.717) is 6.04 Å². The molecule has 0 saturated carbocycles. The topological polar surface area (TPSA) is 21.3 Å². The van der Waals surface area contributed by atoms with Crippen molar-refractivity contribution in [2.75, 3.05) is 11.9 Å². The lowest BCUT2D eigenvalue weighted by atomic mass is 10.1. The first kappa shape index (κ1) is 10.3. The third kappa shape index (κ3) is 2.44. The molecule has 1 aliphatic rings. The van der Waals surface area contributed by atoms with Crippen molar-refractivity contribution in [1.82, 2.24) is 0 Å². The Balaban J connectivity index is 2.13. The van der Waals surface area contributed by atoms with E-state index in [1.807, 2.05) is 0 Å². The van der Waals surface area contributed by atoms with E-state index in [1.165, 1.54) is 24.8 Å². The van der Waals surface area contributed by atoms with E-state index in [-0.39, 0.29) is 0 Å². The third-order valence-corrected chi connectivity index (χ3v) is 2.75. The highest BCUT2D eigenvalue weighted by molar-refractivity contribution is 5.59. The number of nitrogens with one attached hydrogen (secondary N) is 1. The number of hydrogen-bond donors (Lipinski definition) is 1. The molecule has 1 unspecified atom stereocenters. The van der Waals surface area contributed by atoms with Gasteiger partial charge in [-0.1, -0.05) is 19.4 Å². The monoisotopic (exact) mass is 205 g/mol. The zero-order chi connectivity index (χ0) is 10.7. The van der Waals surface area contributed by atoms with Gasteiger partial charge < -0.3 is 10.1 Å². The zero-order valence-corrected chi connectivity index (χ0v) is 9.55. The molecule has 0 spiro atoms. The van der Waals surface area contributed by atoms with Gasteiger partial charge in [0.2, 0.25) is 0 Å². The van der Waals surface area contributed by atoms with Crippen LogP contribution < -0.4 is 10.1 Å². The molecule has 0 radical (unpaired) electrons. The van der Waals surface area contributed by atoms with E-state index in [4.69, 9.17) is 4.74 Å². The molecule has 0 fully saturated rings. The van der Waals surface area contributed by atoms with Gasteiger partial charge in [0.1, 0.15) is 12.4 Å². The van der Waals surface area contributed by atoms with Crippen molar-refractivity contribution >= 4 is 5.69 Å². The first-order valence-electron chi connectivity index (χ1n) is 5.82. The molecular weight excluding hydrogens is 186 g/mol. The molecule has 1 aliphatic heterocycles. The molecule has 1 heterocycles. The standard InChI is InChI=1S/C13H19NO/c1-3-4-5-11-6-7-13-12(8-11)14-10(2)9-15-13/h6-8,10,14H,3-5,9H2,1-2H3. The Hall–Kier alpha value is -1.18. The lowest BCUT2D eigenvalue weighted by Gasteiger charge is -2.25. The van der Waals surface area contributed by atoms with E-state index < -0.39 is 0 Å². The van der Waals surface area contributed by atoms with Crippen LogP contribution in [0.4, 0.5) is 5.69 Å². The fraction of sp³-hybridized carbons (Fsp3) is 0.538. The first-order valence-corrected chi connectivity index (χ1v) is 5.82. The third-order valence-electron chi connectivity index (χ3n) is 2.75. The van der Waals surface area contributed by atoms with Crippen LogP contribution in [0.5, 0.6) is 5.75 Å². The van der Waals surface area contributed by atoms with Crippen LogP contribution in [0.3, 0.4) is 0 Å². The fourth-order valence-corrected chi connectivity index (χ4v) is 1.87. The van der Waals surface area contributed by atoms with Crippen LogP contribution in [0, 0.1) is 0 Å². The number of rotatable bonds is 3. The van der Waals surface area contributed by atoms with Crippen molar-refractivity contribution in [2.45, 2.75) is 39.2 Å². The van der Waals surface area contributed by atoms with Crippen LogP contribution in [0.2, 0.25) is 0 Å². The number of ether oxygens (including phenoxy) is 1. The smallest absolute Gasteiger partial charge is 0.142 e. The molecule has 0 saturated heterocycles. The van der Waals surface area contributed by atoms with Gasteiger partial charge >= 0.3 is 0 Å². The van der Waals surface area contributed by atoms with Gasteiger partial charge in [0.05, 0.1) is 11.7 Å². The van der Waals surface area contributed by atoms with Crippen LogP contribution in [0.15, 0.2) is 18.2 Å². The Morgan fingerprint density at radius 2 is 2.33 bits per heavy atom. The number of benzene rings is 1. The maximum absolute atomic E-state index is 5.63. The largest absolute Gasteiger partial charge is 0.489 e. The van der Waals surface area contributed by atoms with Crippen molar-refractivity contribution in [3.63, 3.8) is 0 Å². The van der Waals surface area contributed by atoms with Gasteiger partial charge in [-0.25, -0.2) is 0 Å². The molecule has 82 valence electrons. The summed E-state index contributed by atoms with van der Waals surface area (Å²) in [6.07, 6.45) is 3.67. The van der Waals surface area contributed by atoms with E-state index in [2.05, 4.69) is 37.4 Å². The van der Waals surface area contributed by atoms with Gasteiger partial charge in [0, 0.05) is 0 Å². The number of aryl methyl sites for hydroxylation is 1. The molecule has 2 heteroatoms. The van der Waals surface area contributed by atoms with Crippen molar-refractivity contribution in [3.05, 3.63) is 23.8 Å². The predicted octanol–water partition coefficient (Wildman–Crippen LogP) is 3.22. The summed E-state index contributed by atoms with van der Waals surface area (Å²) in [5.74, 6) is 0.994. The Kier molecular flexibility index (Phi) is 3.14. The second-order valence-corrected chi connectivity index (χ2v) is 4.29. The normalized spacial score (nSPS) is 18.9. The molecule has 0 aromatic heterocycles. The number of anilines is 1. The van der Waals surface area contributed by atoms with E-state index >= 15 is 0 Å². The molecule has 0 bridgehead atoms. The van der Waals surface area contributed by atoms with E-state index in [1.54, 1.807) is 0 Å². The lowest BCUT2D eigenvalue weighted by molar-refractivity contribution is 0.292. The summed E-state index contributed by atoms with van der Waals surface area (Å²) in [6, 6.07) is 6.89. The summed E-state index contributed by atoms with van der Waals surface area (Å²) in [6.45, 7) is 5.13. The van der Waals surface area contributed by atoms with Gasteiger partial charge in [0.15, 0.2) is 0 Å². The van der Waals surface area contributed by atoms with E-state index in [9.17, 15) is 0 Å². The fourth-order valence-electron chi connectivity index (χ4n) is 1.87. The van der Waals surface area contributed by atoms with Crippen molar-refractivity contribution < 1.29 is 4.74 Å². The van der Waals surface area contributed by atoms with Crippen LogP contribution in [-0.2, 0) is 6.42 Å². The van der Waals surface area contributed by atoms with Gasteiger partial charge in [-0.05, 0) is 37.5 Å². The summed E-state index contributed by atoms with van der Waals surface area (Å²) in [7, 11) is 0. The second-order valence-electron chi connectivity index (χ2n) is 4.29. The average molecular weight is 205 g/mol. The molecule has 0 aliphatic carbocycles. The molecule has 1 aromatic carbocycles. The highest BCUT2D eigenvalue weighted by Gasteiger charge is 2.14. The average Bonchev–Trinajstić information content (AvgIpc) is 2.25. The highest BCUT2D eigenvalue weighted by atomic mass is 16.5. The molecule has 15 heavy (non-hydrogen) atoms. The summed E-state index contributed by atoms with van der Waals surface area (Å²) >= 11 is 0. The van der Waals surface area contributed by atoms with Crippen molar-refractivity contribution in [3.8, 4) is 5.75 Å². The van der Waals surface area contributed by atoms with E-state index in [0.717, 1.165) is 18.0 Å². The van der Waals surface area contributed by atoms with Gasteiger partial charge in [0.25, 0.3) is 0 Å². The molecule has 1 atom stereocenters. The Bertz CT molecular complexity index is 335. The molecule has 2 rings (SSSR count). The summed E-state index contributed by atoms with van der Waals surface area (Å²) < 4.78 is 5.63. The summed E-state index contributed by atoms with van der Waals surface area (Å²) in [4.78, 5) is 0. The van der Waals surface area contributed by atoms with Gasteiger partial charge in [-0.15, -0.1) is 0 Å². The minimum absolute atomic E-state index is 0.416. The van der Waals surface area contributed by atoms with Crippen molar-refractivity contribution in [1.29, 1.82) is 0 Å². The predicted molar refractivity (Wildman–Crippen MR) is 63.6 cm³/mol. The highest BCUT2D eigenvalue weighted by Crippen LogP contribution is 2.30. The maximum atomic E-state index is 5.63. The minimum atomic E-state index is 0.416. The molecule has 1 N–H and O–H groups in total. The number of unbranched alkanes of at least 4 members (excludes halogenated alkanes) is 1. The second kappa shape index (κ2) is 4.56. The maximum Gasteiger partial charge on any atom is 0.142 e. The van der Waals surface area contributed by atoms with Crippen LogP contribution in [0.1, 0.15) is 32.3 Å². The number of hydrogen-bond acceptors (Lipinski definition) is 2. The summed E-state index contributed by atoms with van der Waals surface area (Å²) in [5.41, 5.74) is 2.56. The minimum Gasteiger partial charge on any atom is -0.489 e. The SMILES string of the molecule is CCCCc1ccc2c(c1)NC(C)CO2. The van der Waals surface area contributed by atoms with Crippen LogP contribution >= 0.6 is 0 Å². The molecule has 1 aromatic rings. The van der Waals surface area contributed by atoms with Gasteiger partial charge in [-0.2, -0.15) is 0 Å². The summed E-state index contributed by atoms with van der Waals surface area (Å²) in [5, 5.41) is 3.45. The molecular formula is C13H19NO. The van der Waals surface area contributed by atoms with Crippen molar-refractivity contribution in [2.24, 2.45) is 0 Å². The first-order chi connectivity index (χ1) is 7.29. The zero-order valence-electron chi connectivity index (χ0n) is 9.55. The Morgan fingerprint density at radius 1 is 1.47 bits per heavy atom. The molecule has 0 amide bonds. The Morgan fingerprint density at radius 3 is 3.13 bits per heavy atom. The van der Waals surface area contributed by atoms with Crippen LogP contribution in [-0.4, -0.2) is 12.6 Å². The Labute approximate surface area is 91.6 Å². The molecule has 2 nitrogen and oxygen atoms in total.